The lowest BCUT2D eigenvalue weighted by Crippen LogP contribution is -2.33. The number of rotatable bonds is 2. The van der Waals surface area contributed by atoms with E-state index in [0.717, 1.165) is 60.4 Å². The van der Waals surface area contributed by atoms with Crippen LogP contribution in [0.1, 0.15) is 33.6 Å². The van der Waals surface area contributed by atoms with Gasteiger partial charge in [-0.15, -0.1) is 0 Å². The quantitative estimate of drug-likeness (QED) is 0.674. The molecular weight excluding hydrogens is 362 g/mol. The molecule has 2 aliphatic heterocycles. The lowest BCUT2D eigenvalue weighted by Gasteiger charge is -2.22. The summed E-state index contributed by atoms with van der Waals surface area (Å²) in [5, 5.41) is 4.78. The van der Waals surface area contributed by atoms with Gasteiger partial charge in [0.15, 0.2) is 0 Å². The Morgan fingerprint density at radius 2 is 1.86 bits per heavy atom. The fraction of sp³-hybridized carbons (Fsp3) is 0.333. The molecule has 3 aromatic rings. The minimum atomic E-state index is 0.111. The molecule has 1 aromatic heterocycles. The van der Waals surface area contributed by atoms with E-state index in [2.05, 4.69) is 12.1 Å². The number of hydrogen-bond donors (Lipinski definition) is 0. The summed E-state index contributed by atoms with van der Waals surface area (Å²) >= 11 is 0. The first-order valence-corrected chi connectivity index (χ1v) is 10.4. The Balaban J connectivity index is 1.39. The van der Waals surface area contributed by atoms with E-state index in [1.807, 2.05) is 53.0 Å². The second kappa shape index (κ2) is 7.39. The first-order valence-electron chi connectivity index (χ1n) is 10.4. The fourth-order valence-corrected chi connectivity index (χ4v) is 4.48. The van der Waals surface area contributed by atoms with Crippen LogP contribution in [0, 0.1) is 0 Å². The molecule has 3 heterocycles. The molecule has 0 fully saturated rings. The molecule has 29 heavy (non-hydrogen) atoms. The van der Waals surface area contributed by atoms with Gasteiger partial charge in [-0.25, -0.2) is 0 Å². The lowest BCUT2D eigenvalue weighted by molar-refractivity contribution is 0.0762. The number of carbonyl (C=O) groups excluding carboxylic acids is 1. The van der Waals surface area contributed by atoms with Crippen molar-refractivity contribution in [2.75, 3.05) is 19.7 Å². The zero-order chi connectivity index (χ0) is 19.8. The number of nitrogens with zero attached hydrogens (tertiary/aromatic N) is 3. The Hall–Kier alpha value is -3.08. The van der Waals surface area contributed by atoms with Gasteiger partial charge in [0.2, 0.25) is 0 Å². The van der Waals surface area contributed by atoms with Crippen molar-refractivity contribution in [2.24, 2.45) is 7.05 Å². The average molecular weight is 387 g/mol. The monoisotopic (exact) mass is 387 g/mol. The van der Waals surface area contributed by atoms with Gasteiger partial charge in [0.05, 0.1) is 12.3 Å². The Bertz CT molecular complexity index is 1060. The molecule has 0 saturated heterocycles. The maximum Gasteiger partial charge on any atom is 0.253 e. The highest BCUT2D eigenvalue weighted by Gasteiger charge is 2.25. The van der Waals surface area contributed by atoms with E-state index in [-0.39, 0.29) is 5.91 Å². The molecule has 0 aliphatic carbocycles. The molecule has 5 heteroatoms. The van der Waals surface area contributed by atoms with Gasteiger partial charge in [-0.1, -0.05) is 30.3 Å². The van der Waals surface area contributed by atoms with Crippen LogP contribution in [0.5, 0.6) is 5.75 Å². The van der Waals surface area contributed by atoms with Gasteiger partial charge >= 0.3 is 0 Å². The molecule has 1 amide bonds. The highest BCUT2D eigenvalue weighted by atomic mass is 16.5. The zero-order valence-electron chi connectivity index (χ0n) is 16.7. The fourth-order valence-electron chi connectivity index (χ4n) is 4.48. The van der Waals surface area contributed by atoms with Crippen molar-refractivity contribution in [1.82, 2.24) is 14.7 Å². The Morgan fingerprint density at radius 1 is 1.03 bits per heavy atom. The van der Waals surface area contributed by atoms with Crippen molar-refractivity contribution in [3.05, 3.63) is 70.9 Å². The predicted octanol–water partition coefficient (Wildman–Crippen LogP) is 3.65. The van der Waals surface area contributed by atoms with E-state index in [1.165, 1.54) is 11.3 Å². The van der Waals surface area contributed by atoms with Crippen molar-refractivity contribution in [1.29, 1.82) is 0 Å². The summed E-state index contributed by atoms with van der Waals surface area (Å²) in [4.78, 5) is 15.2. The highest BCUT2D eigenvalue weighted by Crippen LogP contribution is 2.29. The third-order valence-electron chi connectivity index (χ3n) is 6.01. The number of ether oxygens (including phenoxy) is 1. The van der Waals surface area contributed by atoms with Crippen molar-refractivity contribution in [3.63, 3.8) is 0 Å². The van der Waals surface area contributed by atoms with Crippen LogP contribution in [-0.2, 0) is 26.3 Å². The van der Waals surface area contributed by atoms with Gasteiger partial charge in [-0.3, -0.25) is 9.48 Å². The SMILES string of the molecule is Cn1nc(-c2ccccc2)c2c1CCN(C(=O)c1ccc3c(c1)CCCO3)CC2. The molecule has 5 rings (SSSR count). The Labute approximate surface area is 170 Å². The normalized spacial score (nSPS) is 15.8. The number of fused-ring (bicyclic) bond motifs is 2. The van der Waals surface area contributed by atoms with Crippen LogP contribution in [0.2, 0.25) is 0 Å². The predicted molar refractivity (Wildman–Crippen MR) is 112 cm³/mol. The summed E-state index contributed by atoms with van der Waals surface area (Å²) in [5.74, 6) is 1.04. The maximum atomic E-state index is 13.2. The smallest absolute Gasteiger partial charge is 0.253 e. The van der Waals surface area contributed by atoms with Crippen LogP contribution in [0.15, 0.2) is 48.5 Å². The molecule has 0 N–H and O–H groups in total. The van der Waals surface area contributed by atoms with Crippen molar-refractivity contribution >= 4 is 5.91 Å². The number of aryl methyl sites for hydroxylation is 2. The lowest BCUT2D eigenvalue weighted by atomic mass is 10.0. The van der Waals surface area contributed by atoms with Crippen LogP contribution >= 0.6 is 0 Å². The molecule has 0 saturated carbocycles. The summed E-state index contributed by atoms with van der Waals surface area (Å²) < 4.78 is 7.68. The van der Waals surface area contributed by atoms with Gasteiger partial charge < -0.3 is 9.64 Å². The molecule has 2 aliphatic rings. The first-order chi connectivity index (χ1) is 14.2. The maximum absolute atomic E-state index is 13.2. The molecule has 0 spiro atoms. The Morgan fingerprint density at radius 3 is 2.72 bits per heavy atom. The van der Waals surface area contributed by atoms with Crippen molar-refractivity contribution in [2.45, 2.75) is 25.7 Å². The minimum Gasteiger partial charge on any atom is -0.493 e. The minimum absolute atomic E-state index is 0.111. The second-order valence-corrected chi connectivity index (χ2v) is 7.83. The van der Waals surface area contributed by atoms with E-state index in [1.54, 1.807) is 0 Å². The van der Waals surface area contributed by atoms with Gasteiger partial charge in [0, 0.05) is 48.9 Å². The molecule has 5 nitrogen and oxygen atoms in total. The van der Waals surface area contributed by atoms with Crippen LogP contribution in [0.4, 0.5) is 0 Å². The van der Waals surface area contributed by atoms with E-state index >= 15 is 0 Å². The van der Waals surface area contributed by atoms with Gasteiger partial charge in [-0.05, 0) is 43.0 Å². The topological polar surface area (TPSA) is 47.4 Å². The van der Waals surface area contributed by atoms with Gasteiger partial charge in [-0.2, -0.15) is 5.10 Å². The standard InChI is InChI=1S/C24H25N3O2/c1-26-21-12-14-27(13-11-20(21)23(25-26)17-6-3-2-4-7-17)24(28)19-9-10-22-18(16-19)8-5-15-29-22/h2-4,6-7,9-10,16H,5,8,11-15H2,1H3. The zero-order valence-corrected chi connectivity index (χ0v) is 16.7. The summed E-state index contributed by atoms with van der Waals surface area (Å²) in [6.45, 7) is 2.20. The number of benzene rings is 2. The number of amides is 1. The molecule has 0 bridgehead atoms. The molecular formula is C24H25N3O2. The van der Waals surface area contributed by atoms with Crippen LogP contribution < -0.4 is 4.74 Å². The van der Waals surface area contributed by atoms with Crippen molar-refractivity contribution in [3.8, 4) is 17.0 Å². The summed E-state index contributed by atoms with van der Waals surface area (Å²) in [6, 6.07) is 16.2. The molecule has 0 atom stereocenters. The summed E-state index contributed by atoms with van der Waals surface area (Å²) in [7, 11) is 2.01. The van der Waals surface area contributed by atoms with Gasteiger partial charge in [0.1, 0.15) is 5.75 Å². The average Bonchev–Trinajstić information content (AvgIpc) is 2.94. The van der Waals surface area contributed by atoms with Gasteiger partial charge in [0.25, 0.3) is 5.91 Å². The highest BCUT2D eigenvalue weighted by molar-refractivity contribution is 5.94. The van der Waals surface area contributed by atoms with Crippen LogP contribution in [0.25, 0.3) is 11.3 Å². The van der Waals surface area contributed by atoms with E-state index in [0.29, 0.717) is 13.1 Å². The van der Waals surface area contributed by atoms with E-state index in [9.17, 15) is 4.79 Å². The molecule has 148 valence electrons. The largest absolute Gasteiger partial charge is 0.493 e. The molecule has 2 aromatic carbocycles. The van der Waals surface area contributed by atoms with Crippen LogP contribution in [-0.4, -0.2) is 40.3 Å². The first kappa shape index (κ1) is 18.0. The van der Waals surface area contributed by atoms with E-state index in [4.69, 9.17) is 9.84 Å². The number of hydrogen-bond acceptors (Lipinski definition) is 3. The van der Waals surface area contributed by atoms with E-state index < -0.39 is 0 Å². The molecule has 0 unspecified atom stereocenters. The summed E-state index contributed by atoms with van der Waals surface area (Å²) in [6.07, 6.45) is 3.64. The third kappa shape index (κ3) is 3.31. The molecule has 0 radical (unpaired) electrons. The van der Waals surface area contributed by atoms with Crippen molar-refractivity contribution < 1.29 is 9.53 Å². The Kier molecular flexibility index (Phi) is 4.58. The van der Waals surface area contributed by atoms with Crippen LogP contribution in [0.3, 0.4) is 0 Å². The second-order valence-electron chi connectivity index (χ2n) is 7.83. The third-order valence-corrected chi connectivity index (χ3v) is 6.01. The summed E-state index contributed by atoms with van der Waals surface area (Å²) in [5.41, 5.74) is 6.60. The number of aromatic nitrogens is 2. The number of carbonyl (C=O) groups is 1.